The summed E-state index contributed by atoms with van der Waals surface area (Å²) in [6.45, 7) is 6.74. The van der Waals surface area contributed by atoms with E-state index in [4.69, 9.17) is 0 Å². The molecule has 0 spiro atoms. The summed E-state index contributed by atoms with van der Waals surface area (Å²) in [6, 6.07) is 23.2. The molecule has 6 aliphatic rings. The van der Waals surface area contributed by atoms with Gasteiger partial charge < -0.3 is 36.4 Å². The first-order valence-electron chi connectivity index (χ1n) is 30.2. The van der Waals surface area contributed by atoms with Gasteiger partial charge in [0.2, 0.25) is 35.4 Å². The highest BCUT2D eigenvalue weighted by Gasteiger charge is 2.44. The summed E-state index contributed by atoms with van der Waals surface area (Å²) in [5, 5.41) is 18.4. The zero-order valence-electron chi connectivity index (χ0n) is 46.8. The largest absolute Gasteiger partial charge is 0.347 e. The lowest BCUT2D eigenvalue weighted by atomic mass is 9.82. The lowest BCUT2D eigenvalue weighted by Crippen LogP contribution is -2.58. The van der Waals surface area contributed by atoms with Gasteiger partial charge in [-0.2, -0.15) is 0 Å². The van der Waals surface area contributed by atoms with Crippen LogP contribution in [0, 0.1) is 17.8 Å². The minimum atomic E-state index is -0.636. The fourth-order valence-electron chi connectivity index (χ4n) is 14.2. The van der Waals surface area contributed by atoms with Gasteiger partial charge in [-0.3, -0.25) is 28.8 Å². The minimum Gasteiger partial charge on any atom is -0.347 e. The van der Waals surface area contributed by atoms with Gasteiger partial charge in [0, 0.05) is 19.0 Å². The van der Waals surface area contributed by atoms with Gasteiger partial charge in [-0.05, 0) is 190 Å². The minimum absolute atomic E-state index is 0.0626. The smallest absolute Gasteiger partial charge is 0.246 e. The molecule has 13 heteroatoms. The van der Waals surface area contributed by atoms with E-state index in [-0.39, 0.29) is 65.3 Å². The molecule has 2 aliphatic heterocycles. The van der Waals surface area contributed by atoms with E-state index in [0.717, 1.165) is 149 Å². The predicted molar refractivity (Wildman–Crippen MR) is 307 cm³/mol. The third kappa shape index (κ3) is 11.8. The number of benzene rings is 4. The van der Waals surface area contributed by atoms with Crippen LogP contribution >= 0.6 is 0 Å². The molecule has 4 aliphatic carbocycles. The predicted octanol–water partition coefficient (Wildman–Crippen LogP) is 9.93. The Balaban J connectivity index is 0.822. The Kier molecular flexibility index (Phi) is 17.7. The van der Waals surface area contributed by atoms with Crippen LogP contribution < -0.4 is 26.6 Å². The molecule has 0 bridgehead atoms. The summed E-state index contributed by atoms with van der Waals surface area (Å²) < 4.78 is 0. The average Bonchev–Trinajstić information content (AvgIpc) is 4.31. The number of amides is 6. The monoisotopic (exact) mass is 1060 g/mol. The highest BCUT2D eigenvalue weighted by Crippen LogP contribution is 2.41. The van der Waals surface area contributed by atoms with E-state index in [1.54, 1.807) is 23.8 Å². The van der Waals surface area contributed by atoms with Gasteiger partial charge >= 0.3 is 0 Å². The quantitative estimate of drug-likeness (QED) is 0.0744. The van der Waals surface area contributed by atoms with Crippen molar-refractivity contribution in [2.75, 3.05) is 20.1 Å². The molecule has 5 N–H and O–H groups in total. The summed E-state index contributed by atoms with van der Waals surface area (Å²) in [7, 11) is 1.74. The lowest BCUT2D eigenvalue weighted by Gasteiger charge is -2.36. The molecule has 4 fully saturated rings. The molecule has 2 saturated heterocycles. The van der Waals surface area contributed by atoms with E-state index in [1.807, 2.05) is 13.8 Å². The molecule has 0 radical (unpaired) electrons. The van der Waals surface area contributed by atoms with Crippen molar-refractivity contribution in [3.05, 3.63) is 95.1 Å². The zero-order chi connectivity index (χ0) is 54.5. The van der Waals surface area contributed by atoms with Crippen LogP contribution in [0.15, 0.2) is 72.8 Å². The van der Waals surface area contributed by atoms with Crippen molar-refractivity contribution in [2.45, 2.75) is 198 Å². The zero-order valence-corrected chi connectivity index (χ0v) is 46.8. The SMILES string of the molecule is CC[C@@H](C)C(=O)N[C@H](C(=O)N1CCC[C@H]1C(=O)N[C@@H]1CCCc2c(-c3ccc4cc(-c5cccc6c5CCC[C@H]6NC(=O)[C@@H]5CCCN5C(=O)[C@@H](NC(=O)[C@H](C)NC)C5CCCCC5)ccc4c3)cccc21)C1CCCCC1. The van der Waals surface area contributed by atoms with Crippen LogP contribution in [0.25, 0.3) is 33.0 Å². The van der Waals surface area contributed by atoms with Gasteiger partial charge in [-0.1, -0.05) is 113 Å². The summed E-state index contributed by atoms with van der Waals surface area (Å²) in [4.78, 5) is 87.4. The molecule has 4 aromatic carbocycles. The molecule has 6 amide bonds. The van der Waals surface area contributed by atoms with E-state index in [0.29, 0.717) is 32.4 Å². The molecule has 416 valence electrons. The molecule has 10 rings (SSSR count). The van der Waals surface area contributed by atoms with Gasteiger partial charge in [0.1, 0.15) is 24.2 Å². The maximum atomic E-state index is 14.4. The first-order valence-corrected chi connectivity index (χ1v) is 30.2. The van der Waals surface area contributed by atoms with Crippen molar-refractivity contribution in [2.24, 2.45) is 17.8 Å². The van der Waals surface area contributed by atoms with Crippen molar-refractivity contribution in [3.63, 3.8) is 0 Å². The second-order valence-electron chi connectivity index (χ2n) is 23.9. The fourth-order valence-corrected chi connectivity index (χ4v) is 14.2. The number of nitrogens with one attached hydrogen (secondary N) is 5. The Bertz CT molecular complexity index is 2660. The van der Waals surface area contributed by atoms with E-state index in [2.05, 4.69) is 99.4 Å². The third-order valence-electron chi connectivity index (χ3n) is 19.0. The number of carbonyl (C=O) groups excluding carboxylic acids is 6. The number of likely N-dealkylation sites (tertiary alicyclic amines) is 2. The number of rotatable bonds is 16. The molecular formula is C65H85N7O6. The Labute approximate surface area is 462 Å². The number of nitrogens with zero attached hydrogens (tertiary/aromatic N) is 2. The van der Waals surface area contributed by atoms with Crippen LogP contribution in [0.3, 0.4) is 0 Å². The van der Waals surface area contributed by atoms with Crippen LogP contribution in [0.5, 0.6) is 0 Å². The van der Waals surface area contributed by atoms with Gasteiger partial charge in [-0.15, -0.1) is 0 Å². The standard InChI is InChI=1S/C65H85N7O6/c1-5-40(2)60(73)69-58(42-18-8-6-9-19-42)64(77)71-36-16-30-56(71)62(75)67-54-28-14-24-50-48(22-12-26-52(50)54)46-34-32-45-39-47(35-33-44(45)38-46)49-23-13-27-53-51(49)25-15-29-55(53)68-63(76)57-31-17-37-72(57)65(78)59(43-20-10-7-11-21-43)70-61(74)41(3)66-4/h12-13,22-23,26-27,32-35,38-43,54-59,66H,5-11,14-21,24-25,28-31,36-37H2,1-4H3,(H,67,75)(H,68,76)(H,69,73)(H,70,74)/t40-,41+,54-,55-,56+,57+,58+,59+/m1/s1. The second-order valence-corrected chi connectivity index (χ2v) is 23.9. The number of hydrogen-bond acceptors (Lipinski definition) is 7. The second kappa shape index (κ2) is 24.9. The number of hydrogen-bond donors (Lipinski definition) is 5. The molecule has 2 heterocycles. The van der Waals surface area contributed by atoms with E-state index < -0.39 is 30.2 Å². The molecular weight excluding hydrogens is 975 g/mol. The van der Waals surface area contributed by atoms with Crippen molar-refractivity contribution >= 4 is 46.2 Å². The highest BCUT2D eigenvalue weighted by molar-refractivity contribution is 5.96. The Morgan fingerprint density at radius 1 is 0.526 bits per heavy atom. The molecule has 0 unspecified atom stereocenters. The van der Waals surface area contributed by atoms with Crippen molar-refractivity contribution in [3.8, 4) is 22.3 Å². The van der Waals surface area contributed by atoms with Gasteiger partial charge in [0.25, 0.3) is 0 Å². The van der Waals surface area contributed by atoms with E-state index >= 15 is 0 Å². The van der Waals surface area contributed by atoms with E-state index in [9.17, 15) is 28.8 Å². The van der Waals surface area contributed by atoms with Crippen LogP contribution in [0.4, 0.5) is 0 Å². The van der Waals surface area contributed by atoms with Gasteiger partial charge in [0.15, 0.2) is 0 Å². The van der Waals surface area contributed by atoms with Crippen molar-refractivity contribution in [1.29, 1.82) is 0 Å². The summed E-state index contributed by atoms with van der Waals surface area (Å²) in [6.07, 6.45) is 18.9. The maximum absolute atomic E-state index is 14.4. The van der Waals surface area contributed by atoms with Gasteiger partial charge in [-0.25, -0.2) is 0 Å². The third-order valence-corrected chi connectivity index (χ3v) is 19.0. The average molecular weight is 1060 g/mol. The van der Waals surface area contributed by atoms with Crippen molar-refractivity contribution < 1.29 is 28.8 Å². The summed E-state index contributed by atoms with van der Waals surface area (Å²) in [5.41, 5.74) is 9.39. The molecule has 78 heavy (non-hydrogen) atoms. The normalized spacial score (nSPS) is 23.3. The molecule has 2 saturated carbocycles. The Morgan fingerprint density at radius 3 is 1.41 bits per heavy atom. The number of carbonyl (C=O) groups is 6. The molecule has 4 aromatic rings. The molecule has 13 nitrogen and oxygen atoms in total. The van der Waals surface area contributed by atoms with Crippen molar-refractivity contribution in [1.82, 2.24) is 36.4 Å². The summed E-state index contributed by atoms with van der Waals surface area (Å²) in [5.74, 6) is -0.746. The maximum Gasteiger partial charge on any atom is 0.246 e. The highest BCUT2D eigenvalue weighted by atomic mass is 16.2. The topological polar surface area (TPSA) is 169 Å². The first-order chi connectivity index (χ1) is 37.9. The van der Waals surface area contributed by atoms with Crippen LogP contribution in [-0.4, -0.2) is 95.6 Å². The first kappa shape index (κ1) is 55.2. The Hall–Kier alpha value is -6.08. The summed E-state index contributed by atoms with van der Waals surface area (Å²) >= 11 is 0. The Morgan fingerprint density at radius 2 is 0.974 bits per heavy atom. The van der Waals surface area contributed by atoms with Gasteiger partial charge in [0.05, 0.1) is 18.1 Å². The van der Waals surface area contributed by atoms with Crippen LogP contribution in [0.1, 0.15) is 177 Å². The lowest BCUT2D eigenvalue weighted by molar-refractivity contribution is -0.143. The van der Waals surface area contributed by atoms with Crippen LogP contribution in [0.2, 0.25) is 0 Å². The number of likely N-dealkylation sites (N-methyl/N-ethyl adjacent to an activating group) is 1. The number of fused-ring (bicyclic) bond motifs is 3. The van der Waals surface area contributed by atoms with E-state index in [1.165, 1.54) is 22.3 Å². The van der Waals surface area contributed by atoms with Crippen LogP contribution in [-0.2, 0) is 41.6 Å². The molecule has 0 aromatic heterocycles. The fraction of sp³-hybridized carbons (Fsp3) is 0.569. The molecule has 8 atom stereocenters.